The Morgan fingerprint density at radius 3 is 2.50 bits per heavy atom. The van der Waals surface area contributed by atoms with Crippen LogP contribution >= 0.6 is 0 Å². The monoisotopic (exact) mass is 399 g/mol. The standard InChI is InChI=1S/C19H24F3N3O3/c1-4-7-24(19(28)12-8-16(27)25(9-12)11(2)3)10-15(26)23-14-6-5-13(20)17(21)18(14)22/h5-6,11-12H,4,7-10H2,1-3H3,(H,23,26)/t12-/m1/s1. The third-order valence-electron chi connectivity index (χ3n) is 4.58. The summed E-state index contributed by atoms with van der Waals surface area (Å²) in [6.07, 6.45) is 0.657. The van der Waals surface area contributed by atoms with Crippen LogP contribution in [0.2, 0.25) is 0 Å². The van der Waals surface area contributed by atoms with Crippen LogP contribution in [0.3, 0.4) is 0 Å². The second kappa shape index (κ2) is 9.07. The van der Waals surface area contributed by atoms with Crippen LogP contribution in [0.4, 0.5) is 18.9 Å². The van der Waals surface area contributed by atoms with Crippen LogP contribution in [0.15, 0.2) is 12.1 Å². The highest BCUT2D eigenvalue weighted by Gasteiger charge is 2.37. The highest BCUT2D eigenvalue weighted by atomic mass is 19.2. The number of nitrogens with one attached hydrogen (secondary N) is 1. The molecular weight excluding hydrogens is 375 g/mol. The van der Waals surface area contributed by atoms with Gasteiger partial charge in [-0.25, -0.2) is 13.2 Å². The fourth-order valence-electron chi connectivity index (χ4n) is 3.18. The summed E-state index contributed by atoms with van der Waals surface area (Å²) < 4.78 is 40.0. The molecule has 0 unspecified atom stereocenters. The number of likely N-dealkylation sites (tertiary alicyclic amines) is 1. The maximum atomic E-state index is 13.7. The zero-order chi connectivity index (χ0) is 21.0. The summed E-state index contributed by atoms with van der Waals surface area (Å²) >= 11 is 0. The van der Waals surface area contributed by atoms with E-state index in [1.54, 1.807) is 4.90 Å². The second-order valence-electron chi connectivity index (χ2n) is 7.07. The number of nitrogens with zero attached hydrogens (tertiary/aromatic N) is 2. The molecule has 1 atom stereocenters. The molecule has 2 rings (SSSR count). The topological polar surface area (TPSA) is 69.7 Å². The van der Waals surface area contributed by atoms with E-state index in [0.717, 1.165) is 6.07 Å². The van der Waals surface area contributed by atoms with Crippen LogP contribution in [-0.2, 0) is 14.4 Å². The van der Waals surface area contributed by atoms with Gasteiger partial charge in [0, 0.05) is 25.6 Å². The molecule has 1 aliphatic heterocycles. The minimum atomic E-state index is -1.68. The van der Waals surface area contributed by atoms with Crippen LogP contribution in [0.5, 0.6) is 0 Å². The normalized spacial score (nSPS) is 16.6. The van der Waals surface area contributed by atoms with Gasteiger partial charge < -0.3 is 15.1 Å². The third-order valence-corrected chi connectivity index (χ3v) is 4.58. The Balaban J connectivity index is 2.06. The summed E-state index contributed by atoms with van der Waals surface area (Å²) in [7, 11) is 0. The molecule has 1 fully saturated rings. The summed E-state index contributed by atoms with van der Waals surface area (Å²) in [5.74, 6) is -6.28. The lowest BCUT2D eigenvalue weighted by molar-refractivity contribution is -0.138. The van der Waals surface area contributed by atoms with Gasteiger partial charge in [0.1, 0.15) is 0 Å². The molecule has 154 valence electrons. The van der Waals surface area contributed by atoms with Crippen molar-refractivity contribution in [2.24, 2.45) is 5.92 Å². The largest absolute Gasteiger partial charge is 0.339 e. The summed E-state index contributed by atoms with van der Waals surface area (Å²) in [5.41, 5.74) is -0.505. The molecule has 0 radical (unpaired) electrons. The van der Waals surface area contributed by atoms with Crippen molar-refractivity contribution in [3.05, 3.63) is 29.6 Å². The average molecular weight is 399 g/mol. The molecule has 3 amide bonds. The van der Waals surface area contributed by atoms with Crippen molar-refractivity contribution in [3.63, 3.8) is 0 Å². The first-order valence-corrected chi connectivity index (χ1v) is 9.17. The lowest BCUT2D eigenvalue weighted by Gasteiger charge is -2.25. The van der Waals surface area contributed by atoms with Gasteiger partial charge in [-0.2, -0.15) is 0 Å². The number of rotatable bonds is 7. The van der Waals surface area contributed by atoms with Crippen LogP contribution in [0, 0.1) is 23.4 Å². The Kier molecular flexibility index (Phi) is 7.04. The summed E-state index contributed by atoms with van der Waals surface area (Å²) in [6, 6.07) is 1.59. The molecule has 1 aromatic carbocycles. The van der Waals surface area contributed by atoms with Gasteiger partial charge in [-0.15, -0.1) is 0 Å². The number of hydrogen-bond acceptors (Lipinski definition) is 3. The summed E-state index contributed by atoms with van der Waals surface area (Å²) in [6.45, 7) is 5.73. The maximum Gasteiger partial charge on any atom is 0.244 e. The minimum absolute atomic E-state index is 0.0235. The molecule has 0 aromatic heterocycles. The van der Waals surface area contributed by atoms with Crippen LogP contribution in [0.25, 0.3) is 0 Å². The molecule has 1 heterocycles. The molecule has 1 aliphatic rings. The predicted octanol–water partition coefficient (Wildman–Crippen LogP) is 2.54. The summed E-state index contributed by atoms with van der Waals surface area (Å²) in [4.78, 5) is 40.0. The number of anilines is 1. The van der Waals surface area contributed by atoms with E-state index in [-0.39, 0.29) is 43.9 Å². The fraction of sp³-hybridized carbons (Fsp3) is 0.526. The lowest BCUT2D eigenvalue weighted by Crippen LogP contribution is -2.43. The van der Waals surface area contributed by atoms with Gasteiger partial charge >= 0.3 is 0 Å². The Morgan fingerprint density at radius 2 is 1.93 bits per heavy atom. The number of carbonyl (C=O) groups excluding carboxylic acids is 3. The van der Waals surface area contributed by atoms with E-state index < -0.39 is 35.0 Å². The minimum Gasteiger partial charge on any atom is -0.339 e. The second-order valence-corrected chi connectivity index (χ2v) is 7.07. The van der Waals surface area contributed by atoms with E-state index in [1.165, 1.54) is 4.90 Å². The van der Waals surface area contributed by atoms with Crippen molar-refractivity contribution in [3.8, 4) is 0 Å². The predicted molar refractivity (Wildman–Crippen MR) is 96.8 cm³/mol. The molecule has 1 saturated heterocycles. The van der Waals surface area contributed by atoms with Crippen molar-refractivity contribution in [2.45, 2.75) is 39.7 Å². The molecule has 9 heteroatoms. The number of amides is 3. The van der Waals surface area contributed by atoms with E-state index in [2.05, 4.69) is 5.32 Å². The van der Waals surface area contributed by atoms with E-state index >= 15 is 0 Å². The molecule has 0 aliphatic carbocycles. The SMILES string of the molecule is CCCN(CC(=O)Nc1ccc(F)c(F)c1F)C(=O)[C@@H]1CC(=O)N(C(C)C)C1. The molecule has 0 bridgehead atoms. The van der Waals surface area contributed by atoms with Crippen molar-refractivity contribution in [1.82, 2.24) is 9.80 Å². The number of benzene rings is 1. The van der Waals surface area contributed by atoms with Gasteiger partial charge in [0.15, 0.2) is 17.5 Å². The molecule has 0 spiro atoms. The Hall–Kier alpha value is -2.58. The Bertz CT molecular complexity index is 770. The molecule has 6 nitrogen and oxygen atoms in total. The molecule has 1 aromatic rings. The molecule has 1 N–H and O–H groups in total. The molecule has 0 saturated carbocycles. The van der Waals surface area contributed by atoms with Crippen molar-refractivity contribution in [1.29, 1.82) is 0 Å². The first kappa shape index (κ1) is 21.7. The Morgan fingerprint density at radius 1 is 1.25 bits per heavy atom. The lowest BCUT2D eigenvalue weighted by atomic mass is 10.1. The van der Waals surface area contributed by atoms with Gasteiger partial charge in [0.05, 0.1) is 18.2 Å². The van der Waals surface area contributed by atoms with Crippen LogP contribution < -0.4 is 5.32 Å². The Labute approximate surface area is 161 Å². The first-order valence-electron chi connectivity index (χ1n) is 9.17. The number of hydrogen-bond donors (Lipinski definition) is 1. The maximum absolute atomic E-state index is 13.7. The fourth-order valence-corrected chi connectivity index (χ4v) is 3.18. The van der Waals surface area contributed by atoms with E-state index in [9.17, 15) is 27.6 Å². The van der Waals surface area contributed by atoms with Crippen LogP contribution in [-0.4, -0.2) is 53.2 Å². The van der Waals surface area contributed by atoms with Gasteiger partial charge in [0.2, 0.25) is 17.7 Å². The quantitative estimate of drug-likeness (QED) is 0.717. The van der Waals surface area contributed by atoms with E-state index in [4.69, 9.17) is 0 Å². The zero-order valence-electron chi connectivity index (χ0n) is 16.1. The smallest absolute Gasteiger partial charge is 0.244 e. The summed E-state index contributed by atoms with van der Waals surface area (Å²) in [5, 5.41) is 2.16. The molecule has 28 heavy (non-hydrogen) atoms. The van der Waals surface area contributed by atoms with Crippen molar-refractivity contribution < 1.29 is 27.6 Å². The zero-order valence-corrected chi connectivity index (χ0v) is 16.1. The highest BCUT2D eigenvalue weighted by Crippen LogP contribution is 2.23. The van der Waals surface area contributed by atoms with E-state index in [1.807, 2.05) is 20.8 Å². The van der Waals surface area contributed by atoms with Crippen molar-refractivity contribution in [2.75, 3.05) is 25.0 Å². The van der Waals surface area contributed by atoms with Gasteiger partial charge in [-0.1, -0.05) is 6.92 Å². The first-order chi connectivity index (χ1) is 13.1. The van der Waals surface area contributed by atoms with E-state index in [0.29, 0.717) is 12.5 Å². The third kappa shape index (κ3) is 4.82. The van der Waals surface area contributed by atoms with Crippen LogP contribution in [0.1, 0.15) is 33.6 Å². The van der Waals surface area contributed by atoms with Crippen molar-refractivity contribution >= 4 is 23.4 Å². The number of carbonyl (C=O) groups is 3. The van der Waals surface area contributed by atoms with Gasteiger partial charge in [0.25, 0.3) is 0 Å². The van der Waals surface area contributed by atoms with Gasteiger partial charge in [-0.05, 0) is 32.4 Å². The molecular formula is C19H24F3N3O3. The van der Waals surface area contributed by atoms with Gasteiger partial charge in [-0.3, -0.25) is 14.4 Å². The number of halogens is 3. The highest BCUT2D eigenvalue weighted by molar-refractivity contribution is 5.96. The average Bonchev–Trinajstić information content (AvgIpc) is 3.03.